The lowest BCUT2D eigenvalue weighted by Crippen LogP contribution is -2.20. The molecule has 1 rings (SSSR count). The van der Waals surface area contributed by atoms with Crippen molar-refractivity contribution in [3.8, 4) is 0 Å². The summed E-state index contributed by atoms with van der Waals surface area (Å²) in [7, 11) is 0. The molecule has 0 radical (unpaired) electrons. The van der Waals surface area contributed by atoms with Gasteiger partial charge >= 0.3 is 6.18 Å². The SMILES string of the molecule is CSc1cccc(C(O)C(F)(F)F)c1. The van der Waals surface area contributed by atoms with Crippen molar-refractivity contribution >= 4 is 11.8 Å². The highest BCUT2D eigenvalue weighted by molar-refractivity contribution is 7.98. The summed E-state index contributed by atoms with van der Waals surface area (Å²) in [5.41, 5.74) is -0.121. The summed E-state index contributed by atoms with van der Waals surface area (Å²) in [5, 5.41) is 8.94. The maximum Gasteiger partial charge on any atom is 0.418 e. The number of rotatable bonds is 2. The van der Waals surface area contributed by atoms with Crippen molar-refractivity contribution in [2.75, 3.05) is 6.26 Å². The standard InChI is InChI=1S/C9H9F3OS/c1-14-7-4-2-3-6(5-7)8(13)9(10,11)12/h2-5,8,13H,1H3. The average molecular weight is 222 g/mol. The van der Waals surface area contributed by atoms with Gasteiger partial charge in [-0.25, -0.2) is 0 Å². The van der Waals surface area contributed by atoms with E-state index in [4.69, 9.17) is 5.11 Å². The Labute approximate surface area is 83.9 Å². The van der Waals surface area contributed by atoms with Crippen LogP contribution in [0.2, 0.25) is 0 Å². The van der Waals surface area contributed by atoms with Gasteiger partial charge in [0, 0.05) is 4.90 Å². The molecule has 0 aromatic heterocycles. The highest BCUT2D eigenvalue weighted by Crippen LogP contribution is 2.33. The van der Waals surface area contributed by atoms with E-state index in [1.165, 1.54) is 30.0 Å². The van der Waals surface area contributed by atoms with Gasteiger partial charge in [-0.2, -0.15) is 13.2 Å². The minimum atomic E-state index is -4.60. The second-order valence-electron chi connectivity index (χ2n) is 2.72. The van der Waals surface area contributed by atoms with Gasteiger partial charge < -0.3 is 5.11 Å². The van der Waals surface area contributed by atoms with Crippen LogP contribution in [0, 0.1) is 0 Å². The maximum atomic E-state index is 12.1. The molecule has 1 atom stereocenters. The molecule has 1 unspecified atom stereocenters. The zero-order chi connectivity index (χ0) is 10.8. The van der Waals surface area contributed by atoms with E-state index < -0.39 is 12.3 Å². The van der Waals surface area contributed by atoms with Crippen LogP contribution in [-0.4, -0.2) is 17.5 Å². The Morgan fingerprint density at radius 1 is 1.36 bits per heavy atom. The van der Waals surface area contributed by atoms with Crippen molar-refractivity contribution in [1.82, 2.24) is 0 Å². The Morgan fingerprint density at radius 3 is 2.50 bits per heavy atom. The molecule has 0 fully saturated rings. The zero-order valence-corrected chi connectivity index (χ0v) is 8.19. The number of halogens is 3. The Morgan fingerprint density at radius 2 is 2.00 bits per heavy atom. The second-order valence-corrected chi connectivity index (χ2v) is 3.60. The van der Waals surface area contributed by atoms with E-state index in [0.717, 1.165) is 0 Å². The Hall–Kier alpha value is -0.680. The summed E-state index contributed by atoms with van der Waals surface area (Å²) in [4.78, 5) is 0.700. The van der Waals surface area contributed by atoms with E-state index in [1.807, 2.05) is 0 Å². The number of alkyl halides is 3. The van der Waals surface area contributed by atoms with E-state index in [2.05, 4.69) is 0 Å². The van der Waals surface area contributed by atoms with Crippen molar-refractivity contribution in [1.29, 1.82) is 0 Å². The highest BCUT2D eigenvalue weighted by atomic mass is 32.2. The van der Waals surface area contributed by atoms with Crippen LogP contribution in [0.3, 0.4) is 0 Å². The van der Waals surface area contributed by atoms with E-state index in [0.29, 0.717) is 4.90 Å². The van der Waals surface area contributed by atoms with Crippen LogP contribution in [0.5, 0.6) is 0 Å². The summed E-state index contributed by atoms with van der Waals surface area (Å²) >= 11 is 1.33. The lowest BCUT2D eigenvalue weighted by molar-refractivity contribution is -0.206. The third kappa shape index (κ3) is 2.65. The molecule has 0 aliphatic heterocycles. The molecule has 1 N–H and O–H groups in total. The lowest BCUT2D eigenvalue weighted by Gasteiger charge is -2.15. The summed E-state index contributed by atoms with van der Waals surface area (Å²) in [6, 6.07) is 5.79. The predicted molar refractivity (Wildman–Crippen MR) is 49.2 cm³/mol. The predicted octanol–water partition coefficient (Wildman–Crippen LogP) is 3.00. The van der Waals surface area contributed by atoms with Crippen LogP contribution in [-0.2, 0) is 0 Å². The second kappa shape index (κ2) is 4.23. The molecule has 1 nitrogen and oxygen atoms in total. The molecule has 0 aliphatic rings. The average Bonchev–Trinajstić information content (AvgIpc) is 2.15. The largest absolute Gasteiger partial charge is 0.418 e. The van der Waals surface area contributed by atoms with Crippen LogP contribution in [0.1, 0.15) is 11.7 Å². The molecule has 0 bridgehead atoms. The van der Waals surface area contributed by atoms with Gasteiger partial charge in [-0.05, 0) is 24.0 Å². The fourth-order valence-electron chi connectivity index (χ4n) is 1.00. The van der Waals surface area contributed by atoms with Gasteiger partial charge in [0.25, 0.3) is 0 Å². The minimum Gasteiger partial charge on any atom is -0.379 e. The minimum absolute atomic E-state index is 0.121. The van der Waals surface area contributed by atoms with Gasteiger partial charge in [0.2, 0.25) is 0 Å². The monoisotopic (exact) mass is 222 g/mol. The van der Waals surface area contributed by atoms with Crippen molar-refractivity contribution in [3.05, 3.63) is 29.8 Å². The van der Waals surface area contributed by atoms with Crippen molar-refractivity contribution in [2.24, 2.45) is 0 Å². The molecule has 1 aromatic rings. The first-order chi connectivity index (χ1) is 6.45. The molecular formula is C9H9F3OS. The third-order valence-corrected chi connectivity index (χ3v) is 2.44. The molecule has 0 amide bonds. The fraction of sp³-hybridized carbons (Fsp3) is 0.333. The Bertz CT molecular complexity index is 311. The van der Waals surface area contributed by atoms with Gasteiger partial charge in [-0.15, -0.1) is 11.8 Å². The summed E-state index contributed by atoms with van der Waals surface area (Å²) in [5.74, 6) is 0. The fourth-order valence-corrected chi connectivity index (χ4v) is 1.47. The van der Waals surface area contributed by atoms with Gasteiger partial charge in [0.1, 0.15) is 0 Å². The Balaban J connectivity index is 2.95. The number of benzene rings is 1. The molecule has 0 saturated heterocycles. The highest BCUT2D eigenvalue weighted by Gasteiger charge is 2.39. The van der Waals surface area contributed by atoms with E-state index in [-0.39, 0.29) is 5.56 Å². The van der Waals surface area contributed by atoms with Gasteiger partial charge in [-0.1, -0.05) is 12.1 Å². The van der Waals surface area contributed by atoms with Crippen LogP contribution in [0.15, 0.2) is 29.2 Å². The van der Waals surface area contributed by atoms with Crippen molar-refractivity contribution in [2.45, 2.75) is 17.2 Å². The summed E-state index contributed by atoms with van der Waals surface area (Å²) in [6.07, 6.45) is -5.23. The Kier molecular flexibility index (Phi) is 3.44. The van der Waals surface area contributed by atoms with Crippen LogP contribution < -0.4 is 0 Å². The first kappa shape index (κ1) is 11.4. The molecule has 0 saturated carbocycles. The number of aliphatic hydroxyl groups is 1. The van der Waals surface area contributed by atoms with E-state index >= 15 is 0 Å². The van der Waals surface area contributed by atoms with Crippen LogP contribution in [0.4, 0.5) is 13.2 Å². The normalized spacial score (nSPS) is 14.1. The summed E-state index contributed by atoms with van der Waals surface area (Å²) < 4.78 is 36.3. The quantitative estimate of drug-likeness (QED) is 0.776. The maximum absolute atomic E-state index is 12.1. The molecule has 0 heterocycles. The smallest absolute Gasteiger partial charge is 0.379 e. The third-order valence-electron chi connectivity index (χ3n) is 1.72. The lowest BCUT2D eigenvalue weighted by atomic mass is 10.1. The van der Waals surface area contributed by atoms with Crippen LogP contribution in [0.25, 0.3) is 0 Å². The van der Waals surface area contributed by atoms with E-state index in [1.54, 1.807) is 12.3 Å². The number of hydrogen-bond acceptors (Lipinski definition) is 2. The van der Waals surface area contributed by atoms with Gasteiger partial charge in [-0.3, -0.25) is 0 Å². The van der Waals surface area contributed by atoms with E-state index in [9.17, 15) is 13.2 Å². The van der Waals surface area contributed by atoms with Gasteiger partial charge in [0.05, 0.1) is 0 Å². The number of hydrogen-bond donors (Lipinski definition) is 1. The zero-order valence-electron chi connectivity index (χ0n) is 7.38. The molecule has 0 aliphatic carbocycles. The molecule has 0 spiro atoms. The topological polar surface area (TPSA) is 20.2 Å². The first-order valence-electron chi connectivity index (χ1n) is 3.84. The molecule has 5 heteroatoms. The van der Waals surface area contributed by atoms with Gasteiger partial charge in [0.15, 0.2) is 6.10 Å². The first-order valence-corrected chi connectivity index (χ1v) is 5.06. The van der Waals surface area contributed by atoms with Crippen molar-refractivity contribution < 1.29 is 18.3 Å². The number of thioether (sulfide) groups is 1. The number of aliphatic hydroxyl groups excluding tert-OH is 1. The van der Waals surface area contributed by atoms with Crippen molar-refractivity contribution in [3.63, 3.8) is 0 Å². The molecule has 78 valence electrons. The molecular weight excluding hydrogens is 213 g/mol. The summed E-state index contributed by atoms with van der Waals surface area (Å²) in [6.45, 7) is 0. The molecule has 1 aromatic carbocycles. The molecule has 14 heavy (non-hydrogen) atoms. The van der Waals surface area contributed by atoms with Crippen LogP contribution >= 0.6 is 11.8 Å².